The summed E-state index contributed by atoms with van der Waals surface area (Å²) >= 11 is 0. The van der Waals surface area contributed by atoms with E-state index in [4.69, 9.17) is 15.2 Å². The molecule has 1 heterocycles. The summed E-state index contributed by atoms with van der Waals surface area (Å²) in [5.41, 5.74) is 3.89. The van der Waals surface area contributed by atoms with Crippen molar-refractivity contribution < 1.29 is 45.4 Å². The maximum Gasteiger partial charge on any atom is 0.417 e. The minimum Gasteiger partial charge on any atom is -0.496 e. The van der Waals surface area contributed by atoms with Crippen LogP contribution in [-0.2, 0) is 21.9 Å². The van der Waals surface area contributed by atoms with E-state index in [1.165, 1.54) is 14.0 Å². The van der Waals surface area contributed by atoms with Gasteiger partial charge in [-0.2, -0.15) is 26.3 Å². The molecule has 2 amide bonds. The van der Waals surface area contributed by atoms with Crippen LogP contribution in [0.3, 0.4) is 0 Å². The molecule has 2 aromatic carbocycles. The third-order valence-electron chi connectivity index (χ3n) is 7.31. The minimum absolute atomic E-state index is 0.00594. The summed E-state index contributed by atoms with van der Waals surface area (Å²) in [4.78, 5) is 27.7. The fourth-order valence-corrected chi connectivity index (χ4v) is 5.22. The van der Waals surface area contributed by atoms with Gasteiger partial charge in [0.15, 0.2) is 0 Å². The second-order valence-corrected chi connectivity index (χ2v) is 10.8. The number of ether oxygens (including phenoxy) is 2. The fraction of sp³-hybridized carbons (Fsp3) is 0.429. The minimum atomic E-state index is -5.08. The number of nitrogens with zero attached hydrogens (tertiary/aromatic N) is 1. The Morgan fingerprint density at radius 1 is 1.05 bits per heavy atom. The lowest BCUT2D eigenvalue weighted by Gasteiger charge is -2.34. The third kappa shape index (κ3) is 5.62. The van der Waals surface area contributed by atoms with Crippen LogP contribution >= 0.6 is 0 Å². The van der Waals surface area contributed by atoms with Gasteiger partial charge in [-0.25, -0.2) is 9.69 Å². The molecule has 0 aromatic heterocycles. The lowest BCUT2D eigenvalue weighted by Crippen LogP contribution is -2.40. The Labute approximate surface area is 226 Å². The van der Waals surface area contributed by atoms with Gasteiger partial charge in [0.05, 0.1) is 24.3 Å². The predicted molar refractivity (Wildman–Crippen MR) is 134 cm³/mol. The number of carbonyl (C=O) groups excluding carboxylic acids is 2. The Balaban J connectivity index is 1.79. The summed E-state index contributed by atoms with van der Waals surface area (Å²) in [5.74, 6) is -0.289. The van der Waals surface area contributed by atoms with Crippen molar-refractivity contribution in [1.82, 2.24) is 4.90 Å². The SMILES string of the molecule is COc1ccc(N)cc1C1=C(C(=O)N2C(=O)O[C@H](c3cc(C(F)(F)F)cc(C(F)(F)F)c3)[C@@H]2C)CC(C)(C)CC1. The van der Waals surface area contributed by atoms with Gasteiger partial charge in [0, 0.05) is 16.8 Å². The fourth-order valence-electron chi connectivity index (χ4n) is 5.22. The van der Waals surface area contributed by atoms with Gasteiger partial charge in [-0.3, -0.25) is 4.79 Å². The van der Waals surface area contributed by atoms with Gasteiger partial charge in [-0.05, 0) is 79.1 Å². The first-order valence-corrected chi connectivity index (χ1v) is 12.4. The summed E-state index contributed by atoms with van der Waals surface area (Å²) in [6.07, 6.45) is -11.5. The van der Waals surface area contributed by atoms with Crippen molar-refractivity contribution in [1.29, 1.82) is 0 Å². The Hall–Kier alpha value is -3.70. The Morgan fingerprint density at radius 2 is 1.65 bits per heavy atom. The van der Waals surface area contributed by atoms with E-state index in [1.807, 2.05) is 13.8 Å². The normalized spacial score (nSPS) is 21.4. The van der Waals surface area contributed by atoms with Gasteiger partial charge in [0.2, 0.25) is 0 Å². The monoisotopic (exact) mass is 570 g/mol. The van der Waals surface area contributed by atoms with E-state index in [1.54, 1.807) is 18.2 Å². The van der Waals surface area contributed by atoms with Crippen molar-refractivity contribution >= 4 is 23.3 Å². The van der Waals surface area contributed by atoms with E-state index >= 15 is 0 Å². The van der Waals surface area contributed by atoms with Crippen molar-refractivity contribution in [3.05, 3.63) is 64.2 Å². The highest BCUT2D eigenvalue weighted by molar-refractivity contribution is 6.09. The van der Waals surface area contributed by atoms with Gasteiger partial charge < -0.3 is 15.2 Å². The number of allylic oxidation sites excluding steroid dienone is 1. The molecule has 2 N–H and O–H groups in total. The molecular formula is C28H28F6N2O4. The topological polar surface area (TPSA) is 81.9 Å². The van der Waals surface area contributed by atoms with Crippen LogP contribution in [0.2, 0.25) is 0 Å². The lowest BCUT2D eigenvalue weighted by atomic mass is 9.72. The number of imide groups is 1. The molecule has 0 unspecified atom stereocenters. The number of hydrogen-bond donors (Lipinski definition) is 1. The van der Waals surface area contributed by atoms with Crippen LogP contribution in [0.4, 0.5) is 36.8 Å². The molecule has 4 rings (SSSR count). The van der Waals surface area contributed by atoms with Crippen LogP contribution in [0.25, 0.3) is 5.57 Å². The van der Waals surface area contributed by atoms with E-state index < -0.39 is 53.2 Å². The quantitative estimate of drug-likeness (QED) is 0.306. The smallest absolute Gasteiger partial charge is 0.417 e. The van der Waals surface area contributed by atoms with E-state index in [0.29, 0.717) is 47.5 Å². The first kappa shape index (κ1) is 29.3. The number of alkyl halides is 6. The zero-order chi connectivity index (χ0) is 29.8. The Bertz CT molecular complexity index is 1350. The average molecular weight is 571 g/mol. The van der Waals surface area contributed by atoms with Gasteiger partial charge in [0.1, 0.15) is 11.9 Å². The first-order chi connectivity index (χ1) is 18.4. The van der Waals surface area contributed by atoms with E-state index in [0.717, 1.165) is 4.90 Å². The van der Waals surface area contributed by atoms with Crippen molar-refractivity contribution in [2.24, 2.45) is 5.41 Å². The molecular weight excluding hydrogens is 542 g/mol. The molecule has 6 nitrogen and oxygen atoms in total. The molecule has 1 fully saturated rings. The number of anilines is 1. The van der Waals surface area contributed by atoms with Crippen LogP contribution in [0.15, 0.2) is 42.0 Å². The maximum atomic E-state index is 13.9. The third-order valence-corrected chi connectivity index (χ3v) is 7.31. The average Bonchev–Trinajstić information content (AvgIpc) is 3.15. The molecule has 1 saturated heterocycles. The van der Waals surface area contributed by atoms with Crippen molar-refractivity contribution in [3.63, 3.8) is 0 Å². The van der Waals surface area contributed by atoms with Crippen LogP contribution < -0.4 is 10.5 Å². The Morgan fingerprint density at radius 3 is 2.20 bits per heavy atom. The molecule has 1 aliphatic heterocycles. The van der Waals surface area contributed by atoms with Crippen LogP contribution in [-0.4, -0.2) is 30.1 Å². The van der Waals surface area contributed by atoms with E-state index in [-0.39, 0.29) is 23.5 Å². The number of methoxy groups -OCH3 is 1. The molecule has 0 bridgehead atoms. The van der Waals surface area contributed by atoms with Crippen molar-refractivity contribution in [2.75, 3.05) is 12.8 Å². The number of cyclic esters (lactones) is 1. The number of amides is 2. The van der Waals surface area contributed by atoms with Crippen LogP contribution in [0, 0.1) is 5.41 Å². The van der Waals surface area contributed by atoms with Crippen LogP contribution in [0.1, 0.15) is 68.4 Å². The number of nitrogens with two attached hydrogens (primary N) is 1. The molecule has 0 spiro atoms. The highest BCUT2D eigenvalue weighted by atomic mass is 19.4. The van der Waals surface area contributed by atoms with E-state index in [9.17, 15) is 35.9 Å². The lowest BCUT2D eigenvalue weighted by molar-refractivity contribution is -0.143. The summed E-state index contributed by atoms with van der Waals surface area (Å²) < 4.78 is 91.4. The number of carbonyl (C=O) groups is 2. The summed E-state index contributed by atoms with van der Waals surface area (Å²) in [6, 6.07) is 4.72. The van der Waals surface area contributed by atoms with Gasteiger partial charge in [-0.1, -0.05) is 13.8 Å². The van der Waals surface area contributed by atoms with Crippen molar-refractivity contribution in [2.45, 2.75) is 64.5 Å². The van der Waals surface area contributed by atoms with Gasteiger partial charge in [0.25, 0.3) is 5.91 Å². The number of rotatable bonds is 4. The number of hydrogen-bond acceptors (Lipinski definition) is 5. The molecule has 216 valence electrons. The first-order valence-electron chi connectivity index (χ1n) is 12.4. The summed E-state index contributed by atoms with van der Waals surface area (Å²) in [7, 11) is 1.46. The maximum absolute atomic E-state index is 13.9. The van der Waals surface area contributed by atoms with Crippen LogP contribution in [0.5, 0.6) is 5.75 Å². The predicted octanol–water partition coefficient (Wildman–Crippen LogP) is 7.39. The standard InChI is InChI=1S/C28H28F6N2O4/c1-14-23(15-9-16(27(29,30)31)11-17(10-15)28(32,33)34)40-25(38)36(14)24(37)21-13-26(2,3)8-7-19(21)20-12-18(35)5-6-22(20)39-4/h5-6,9-12,14,23H,7-8,13,35H2,1-4H3/t14-,23-/m0/s1. The second kappa shape index (κ2) is 10.0. The molecule has 1 aliphatic carbocycles. The van der Waals surface area contributed by atoms with Gasteiger partial charge >= 0.3 is 18.4 Å². The number of benzene rings is 2. The zero-order valence-corrected chi connectivity index (χ0v) is 22.2. The molecule has 0 saturated carbocycles. The molecule has 2 atom stereocenters. The largest absolute Gasteiger partial charge is 0.496 e. The number of halogens is 6. The van der Waals surface area contributed by atoms with Gasteiger partial charge in [-0.15, -0.1) is 0 Å². The highest BCUT2D eigenvalue weighted by Gasteiger charge is 2.47. The number of nitrogen functional groups attached to an aromatic ring is 1. The summed E-state index contributed by atoms with van der Waals surface area (Å²) in [5, 5.41) is 0. The molecule has 12 heteroatoms. The summed E-state index contributed by atoms with van der Waals surface area (Å²) in [6.45, 7) is 5.24. The second-order valence-electron chi connectivity index (χ2n) is 10.8. The Kier molecular flexibility index (Phi) is 7.35. The van der Waals surface area contributed by atoms with Crippen molar-refractivity contribution in [3.8, 4) is 5.75 Å². The van der Waals surface area contributed by atoms with E-state index in [2.05, 4.69) is 0 Å². The zero-order valence-electron chi connectivity index (χ0n) is 22.2. The molecule has 2 aromatic rings. The molecule has 0 radical (unpaired) electrons. The molecule has 40 heavy (non-hydrogen) atoms. The highest BCUT2D eigenvalue weighted by Crippen LogP contribution is 2.47. The molecule has 2 aliphatic rings.